The normalized spacial score (nSPS) is 13.2. The Bertz CT molecular complexity index is 1070. The number of aliphatic hydroxyl groups is 1. The van der Waals surface area contributed by atoms with Gasteiger partial charge in [-0.15, -0.1) is 11.3 Å². The summed E-state index contributed by atoms with van der Waals surface area (Å²) in [4.78, 5) is 23.3. The van der Waals surface area contributed by atoms with Crippen LogP contribution in [0.3, 0.4) is 0 Å². The van der Waals surface area contributed by atoms with Gasteiger partial charge in [0.25, 0.3) is 5.56 Å². The summed E-state index contributed by atoms with van der Waals surface area (Å²) in [7, 11) is 1.64. The Morgan fingerprint density at radius 3 is 2.62 bits per heavy atom. The van der Waals surface area contributed by atoms with Crippen LogP contribution in [0, 0.1) is 6.92 Å². The highest BCUT2D eigenvalue weighted by Gasteiger charge is 2.19. The summed E-state index contributed by atoms with van der Waals surface area (Å²) < 4.78 is 10.9. The van der Waals surface area contributed by atoms with Gasteiger partial charge in [-0.2, -0.15) is 0 Å². The summed E-state index contributed by atoms with van der Waals surface area (Å²) in [6.07, 6.45) is -0.656. The largest absolute Gasteiger partial charge is 0.389 e. The van der Waals surface area contributed by atoms with Crippen molar-refractivity contribution in [3.63, 3.8) is 0 Å². The third-order valence-electron chi connectivity index (χ3n) is 5.02. The van der Waals surface area contributed by atoms with Crippen molar-refractivity contribution in [2.75, 3.05) is 33.4 Å². The summed E-state index contributed by atoms with van der Waals surface area (Å²) in [6, 6.07) is 8.13. The molecule has 0 fully saturated rings. The summed E-state index contributed by atoms with van der Waals surface area (Å²) in [5.74, 6) is 0.569. The fraction of sp³-hybridized carbons (Fsp3) is 0.500. The van der Waals surface area contributed by atoms with Crippen LogP contribution in [-0.2, 0) is 16.0 Å². The highest BCUT2D eigenvalue weighted by molar-refractivity contribution is 7.17. The first-order valence-corrected chi connectivity index (χ1v) is 11.6. The molecule has 3 aromatic rings. The van der Waals surface area contributed by atoms with Crippen LogP contribution < -0.4 is 5.56 Å². The highest BCUT2D eigenvalue weighted by atomic mass is 32.1. The van der Waals surface area contributed by atoms with Gasteiger partial charge in [0.2, 0.25) is 0 Å². The van der Waals surface area contributed by atoms with E-state index in [1.54, 1.807) is 7.11 Å². The molecule has 0 aliphatic heterocycles. The van der Waals surface area contributed by atoms with Crippen LogP contribution in [0.5, 0.6) is 0 Å². The third-order valence-corrected chi connectivity index (χ3v) is 5.89. The molecule has 174 valence electrons. The van der Waals surface area contributed by atoms with Crippen LogP contribution in [0.1, 0.15) is 32.2 Å². The van der Waals surface area contributed by atoms with Crippen molar-refractivity contribution in [2.45, 2.75) is 45.9 Å². The predicted molar refractivity (Wildman–Crippen MR) is 129 cm³/mol. The number of rotatable bonds is 10. The van der Waals surface area contributed by atoms with E-state index in [4.69, 9.17) is 14.5 Å². The standard InChI is InChI=1S/C24H33N3O4S/c1-16-6-8-17(9-7-16)19-15-32-23-21(19)22(29)25-20(26-23)13-27(10-11-30-5)12-18(28)14-31-24(2,3)4/h6-9,15,18,28H,10-14H2,1-5H3,(H,25,26,29)/t18-/m1/s1. The van der Waals surface area contributed by atoms with Crippen LogP contribution in [-0.4, -0.2) is 65.1 Å². The molecule has 2 aromatic heterocycles. The zero-order chi connectivity index (χ0) is 23.3. The molecule has 0 saturated carbocycles. The number of nitrogens with zero attached hydrogens (tertiary/aromatic N) is 2. The molecule has 8 heteroatoms. The smallest absolute Gasteiger partial charge is 0.260 e. The number of hydrogen-bond acceptors (Lipinski definition) is 7. The number of aromatic amines is 1. The van der Waals surface area contributed by atoms with E-state index in [1.165, 1.54) is 16.9 Å². The average molecular weight is 460 g/mol. The number of methoxy groups -OCH3 is 1. The van der Waals surface area contributed by atoms with E-state index < -0.39 is 6.10 Å². The molecule has 7 nitrogen and oxygen atoms in total. The van der Waals surface area contributed by atoms with Crippen molar-refractivity contribution in [2.24, 2.45) is 0 Å². The van der Waals surface area contributed by atoms with Crippen molar-refractivity contribution in [3.8, 4) is 11.1 Å². The lowest BCUT2D eigenvalue weighted by Crippen LogP contribution is -2.38. The molecule has 1 aromatic carbocycles. The number of thiophene rings is 1. The van der Waals surface area contributed by atoms with Gasteiger partial charge in [-0.25, -0.2) is 4.98 Å². The van der Waals surface area contributed by atoms with Crippen molar-refractivity contribution in [1.29, 1.82) is 0 Å². The molecule has 0 radical (unpaired) electrons. The molecule has 2 N–H and O–H groups in total. The van der Waals surface area contributed by atoms with Crippen LogP contribution in [0.4, 0.5) is 0 Å². The second-order valence-electron chi connectivity index (χ2n) is 9.01. The number of aromatic nitrogens is 2. The van der Waals surface area contributed by atoms with E-state index in [9.17, 15) is 9.90 Å². The Morgan fingerprint density at radius 1 is 1.25 bits per heavy atom. The summed E-state index contributed by atoms with van der Waals surface area (Å²) >= 11 is 1.47. The third kappa shape index (κ3) is 6.70. The van der Waals surface area contributed by atoms with Crippen molar-refractivity contribution < 1.29 is 14.6 Å². The van der Waals surface area contributed by atoms with Gasteiger partial charge < -0.3 is 19.6 Å². The van der Waals surface area contributed by atoms with Gasteiger partial charge in [-0.05, 0) is 33.3 Å². The van der Waals surface area contributed by atoms with Gasteiger partial charge in [0.15, 0.2) is 0 Å². The van der Waals surface area contributed by atoms with E-state index in [0.717, 1.165) is 11.1 Å². The minimum Gasteiger partial charge on any atom is -0.389 e. The van der Waals surface area contributed by atoms with Gasteiger partial charge in [-0.3, -0.25) is 9.69 Å². The molecule has 0 amide bonds. The van der Waals surface area contributed by atoms with Crippen molar-refractivity contribution in [1.82, 2.24) is 14.9 Å². The van der Waals surface area contributed by atoms with E-state index in [1.807, 2.05) is 62.2 Å². The van der Waals surface area contributed by atoms with E-state index >= 15 is 0 Å². The lowest BCUT2D eigenvalue weighted by Gasteiger charge is -2.27. The quantitative estimate of drug-likeness (QED) is 0.482. The zero-order valence-electron chi connectivity index (χ0n) is 19.5. The maximum absolute atomic E-state index is 13.0. The Labute approximate surface area is 193 Å². The molecule has 32 heavy (non-hydrogen) atoms. The SMILES string of the molecule is COCCN(Cc1nc2scc(-c3ccc(C)cc3)c2c(=O)[nH]1)C[C@@H](O)COC(C)(C)C. The first kappa shape index (κ1) is 24.5. The maximum atomic E-state index is 13.0. The zero-order valence-corrected chi connectivity index (χ0v) is 20.3. The molecule has 2 heterocycles. The molecule has 0 unspecified atom stereocenters. The lowest BCUT2D eigenvalue weighted by molar-refractivity contribution is -0.0578. The molecule has 0 bridgehead atoms. The summed E-state index contributed by atoms with van der Waals surface area (Å²) in [5, 5.41) is 13.0. The minimum absolute atomic E-state index is 0.148. The molecular formula is C24H33N3O4S. The highest BCUT2D eigenvalue weighted by Crippen LogP contribution is 2.30. The summed E-state index contributed by atoms with van der Waals surface area (Å²) in [5.41, 5.74) is 2.62. The molecule has 0 saturated heterocycles. The molecular weight excluding hydrogens is 426 g/mol. The van der Waals surface area contributed by atoms with Crippen LogP contribution in [0.2, 0.25) is 0 Å². The van der Waals surface area contributed by atoms with Gasteiger partial charge in [0.05, 0.1) is 36.8 Å². The van der Waals surface area contributed by atoms with E-state index in [-0.39, 0.29) is 17.8 Å². The van der Waals surface area contributed by atoms with Gasteiger partial charge in [0.1, 0.15) is 10.7 Å². The maximum Gasteiger partial charge on any atom is 0.260 e. The summed E-state index contributed by atoms with van der Waals surface area (Å²) in [6.45, 7) is 10.0. The fourth-order valence-corrected chi connectivity index (χ4v) is 4.34. The van der Waals surface area contributed by atoms with Crippen molar-refractivity contribution >= 4 is 21.6 Å². The number of H-pyrrole nitrogens is 1. The van der Waals surface area contributed by atoms with Gasteiger partial charge >= 0.3 is 0 Å². The molecule has 0 aliphatic carbocycles. The first-order valence-electron chi connectivity index (χ1n) is 10.8. The van der Waals surface area contributed by atoms with Gasteiger partial charge in [-0.1, -0.05) is 29.8 Å². The number of hydrogen-bond donors (Lipinski definition) is 2. The second kappa shape index (κ2) is 10.7. The monoisotopic (exact) mass is 459 g/mol. The van der Waals surface area contributed by atoms with Crippen molar-refractivity contribution in [3.05, 3.63) is 51.4 Å². The molecule has 1 atom stereocenters. The first-order chi connectivity index (χ1) is 15.2. The van der Waals surface area contributed by atoms with E-state index in [0.29, 0.717) is 42.3 Å². The molecule has 3 rings (SSSR count). The number of nitrogens with one attached hydrogen (secondary N) is 1. The number of benzene rings is 1. The fourth-order valence-electron chi connectivity index (χ4n) is 3.38. The van der Waals surface area contributed by atoms with Crippen LogP contribution >= 0.6 is 11.3 Å². The van der Waals surface area contributed by atoms with Crippen LogP contribution in [0.25, 0.3) is 21.3 Å². The second-order valence-corrected chi connectivity index (χ2v) is 9.87. The number of fused-ring (bicyclic) bond motifs is 1. The predicted octanol–water partition coefficient (Wildman–Crippen LogP) is 3.58. The Morgan fingerprint density at radius 2 is 1.97 bits per heavy atom. The number of ether oxygens (including phenoxy) is 2. The Kier molecular flexibility index (Phi) is 8.19. The van der Waals surface area contributed by atoms with E-state index in [2.05, 4.69) is 4.98 Å². The minimum atomic E-state index is -0.656. The number of aryl methyl sites for hydroxylation is 1. The Hall–Kier alpha value is -2.10. The number of aliphatic hydroxyl groups excluding tert-OH is 1. The average Bonchev–Trinajstić information content (AvgIpc) is 3.15. The lowest BCUT2D eigenvalue weighted by atomic mass is 10.1. The topological polar surface area (TPSA) is 87.7 Å². The van der Waals surface area contributed by atoms with Gasteiger partial charge in [0, 0.05) is 31.1 Å². The molecule has 0 spiro atoms. The van der Waals surface area contributed by atoms with Crippen LogP contribution in [0.15, 0.2) is 34.4 Å². The molecule has 0 aliphatic rings. The Balaban J connectivity index is 1.79.